The summed E-state index contributed by atoms with van der Waals surface area (Å²) in [5.74, 6) is 0.196. The molecular weight excluding hydrogens is 216 g/mol. The van der Waals surface area contributed by atoms with Crippen molar-refractivity contribution in [3.8, 4) is 0 Å². The Morgan fingerprint density at radius 2 is 2.07 bits per heavy atom. The van der Waals surface area contributed by atoms with Crippen molar-refractivity contribution >= 4 is 18.3 Å². The van der Waals surface area contributed by atoms with Gasteiger partial charge in [-0.25, -0.2) is 0 Å². The van der Waals surface area contributed by atoms with Gasteiger partial charge in [-0.1, -0.05) is 0 Å². The highest BCUT2D eigenvalue weighted by atomic mass is 35.5. The summed E-state index contributed by atoms with van der Waals surface area (Å²) in [6, 6.07) is 0. The summed E-state index contributed by atoms with van der Waals surface area (Å²) in [6.45, 7) is 7.49. The van der Waals surface area contributed by atoms with E-state index in [0.29, 0.717) is 26.2 Å². The summed E-state index contributed by atoms with van der Waals surface area (Å²) in [4.78, 5) is 13.4. The molecule has 0 saturated carbocycles. The van der Waals surface area contributed by atoms with Crippen molar-refractivity contribution in [2.24, 2.45) is 0 Å². The van der Waals surface area contributed by atoms with E-state index in [1.54, 1.807) is 0 Å². The van der Waals surface area contributed by atoms with E-state index < -0.39 is 0 Å². The van der Waals surface area contributed by atoms with Crippen LogP contribution in [0.2, 0.25) is 0 Å². The third-order valence-corrected chi connectivity index (χ3v) is 2.03. The molecular formula is C10H23ClN2O2. The smallest absolute Gasteiger partial charge is 0.223 e. The van der Waals surface area contributed by atoms with Gasteiger partial charge < -0.3 is 15.0 Å². The molecule has 0 aromatic carbocycles. The zero-order valence-electron chi connectivity index (χ0n) is 9.91. The van der Waals surface area contributed by atoms with Gasteiger partial charge in [-0.2, -0.15) is 0 Å². The number of carbonyl (C=O) groups excluding carboxylic acids is 1. The number of rotatable bonds is 8. The van der Waals surface area contributed by atoms with Crippen LogP contribution in [0.4, 0.5) is 0 Å². The van der Waals surface area contributed by atoms with E-state index in [0.717, 1.165) is 13.1 Å². The zero-order chi connectivity index (χ0) is 10.8. The Morgan fingerprint density at radius 1 is 1.40 bits per heavy atom. The van der Waals surface area contributed by atoms with Crippen molar-refractivity contribution < 1.29 is 9.53 Å². The van der Waals surface area contributed by atoms with Gasteiger partial charge in [-0.15, -0.1) is 12.4 Å². The lowest BCUT2D eigenvalue weighted by atomic mass is 10.3. The van der Waals surface area contributed by atoms with E-state index in [2.05, 4.69) is 5.32 Å². The molecule has 1 N–H and O–H groups in total. The van der Waals surface area contributed by atoms with Crippen LogP contribution in [0.5, 0.6) is 0 Å². The van der Waals surface area contributed by atoms with Crippen molar-refractivity contribution in [3.63, 3.8) is 0 Å². The number of hydrogen-bond acceptors (Lipinski definition) is 3. The van der Waals surface area contributed by atoms with Gasteiger partial charge in [-0.3, -0.25) is 4.79 Å². The first-order valence-corrected chi connectivity index (χ1v) is 5.26. The van der Waals surface area contributed by atoms with E-state index in [1.807, 2.05) is 25.8 Å². The second-order valence-electron chi connectivity index (χ2n) is 3.02. The minimum atomic E-state index is 0. The van der Waals surface area contributed by atoms with Crippen LogP contribution in [-0.2, 0) is 9.53 Å². The van der Waals surface area contributed by atoms with Crippen molar-refractivity contribution in [2.75, 3.05) is 39.9 Å². The summed E-state index contributed by atoms with van der Waals surface area (Å²) in [6.07, 6.45) is 0.566. The van der Waals surface area contributed by atoms with Crippen LogP contribution < -0.4 is 5.32 Å². The molecule has 0 unspecified atom stereocenters. The molecule has 4 nitrogen and oxygen atoms in total. The SMILES string of the molecule is CCOCCN(CC)C(=O)CCNC.Cl. The fraction of sp³-hybridized carbons (Fsp3) is 0.900. The Labute approximate surface area is 98.8 Å². The van der Waals surface area contributed by atoms with Gasteiger partial charge in [0, 0.05) is 32.7 Å². The molecule has 0 spiro atoms. The lowest BCUT2D eigenvalue weighted by Gasteiger charge is -2.20. The molecule has 0 aromatic heterocycles. The summed E-state index contributed by atoms with van der Waals surface area (Å²) < 4.78 is 5.21. The molecule has 0 atom stereocenters. The van der Waals surface area contributed by atoms with Crippen molar-refractivity contribution in [3.05, 3.63) is 0 Å². The molecule has 0 saturated heterocycles. The summed E-state index contributed by atoms with van der Waals surface area (Å²) in [5.41, 5.74) is 0. The van der Waals surface area contributed by atoms with Gasteiger partial charge in [0.25, 0.3) is 0 Å². The highest BCUT2D eigenvalue weighted by Gasteiger charge is 2.09. The van der Waals surface area contributed by atoms with Crippen molar-refractivity contribution in [2.45, 2.75) is 20.3 Å². The predicted octanol–water partition coefficient (Wildman–Crippen LogP) is 0.903. The van der Waals surface area contributed by atoms with E-state index in [-0.39, 0.29) is 18.3 Å². The molecule has 0 rings (SSSR count). The van der Waals surface area contributed by atoms with Gasteiger partial charge in [0.15, 0.2) is 0 Å². The third kappa shape index (κ3) is 8.66. The van der Waals surface area contributed by atoms with E-state index in [1.165, 1.54) is 0 Å². The molecule has 0 heterocycles. The number of ether oxygens (including phenoxy) is 1. The van der Waals surface area contributed by atoms with Gasteiger partial charge in [0.05, 0.1) is 6.61 Å². The first-order chi connectivity index (χ1) is 6.76. The van der Waals surface area contributed by atoms with Crippen LogP contribution in [0.3, 0.4) is 0 Å². The molecule has 1 amide bonds. The summed E-state index contributed by atoms with van der Waals surface area (Å²) in [5, 5.41) is 2.97. The van der Waals surface area contributed by atoms with Crippen molar-refractivity contribution in [1.29, 1.82) is 0 Å². The maximum atomic E-state index is 11.6. The van der Waals surface area contributed by atoms with E-state index in [4.69, 9.17) is 4.74 Å². The lowest BCUT2D eigenvalue weighted by molar-refractivity contribution is -0.131. The lowest BCUT2D eigenvalue weighted by Crippen LogP contribution is -2.35. The summed E-state index contributed by atoms with van der Waals surface area (Å²) in [7, 11) is 1.85. The molecule has 0 aliphatic carbocycles. The topological polar surface area (TPSA) is 41.6 Å². The standard InChI is InChI=1S/C10H22N2O2.ClH/c1-4-12(8-9-14-5-2)10(13)6-7-11-3;/h11H,4-9H2,1-3H3;1H. The molecule has 15 heavy (non-hydrogen) atoms. The Balaban J connectivity index is 0. The molecule has 0 radical (unpaired) electrons. The maximum absolute atomic E-state index is 11.6. The largest absolute Gasteiger partial charge is 0.380 e. The number of nitrogens with one attached hydrogen (secondary N) is 1. The van der Waals surface area contributed by atoms with Gasteiger partial charge >= 0.3 is 0 Å². The van der Waals surface area contributed by atoms with Gasteiger partial charge in [0.2, 0.25) is 5.91 Å². The molecule has 5 heteroatoms. The number of hydrogen-bond donors (Lipinski definition) is 1. The maximum Gasteiger partial charge on any atom is 0.223 e. The van der Waals surface area contributed by atoms with Crippen LogP contribution in [-0.4, -0.2) is 50.7 Å². The average Bonchev–Trinajstić information content (AvgIpc) is 2.21. The monoisotopic (exact) mass is 238 g/mol. The molecule has 0 aliphatic heterocycles. The molecule has 0 aliphatic rings. The zero-order valence-corrected chi connectivity index (χ0v) is 10.7. The summed E-state index contributed by atoms with van der Waals surface area (Å²) >= 11 is 0. The molecule has 0 aromatic rings. The van der Waals surface area contributed by atoms with Crippen molar-refractivity contribution in [1.82, 2.24) is 10.2 Å². The van der Waals surface area contributed by atoms with Gasteiger partial charge in [0.1, 0.15) is 0 Å². The van der Waals surface area contributed by atoms with Gasteiger partial charge in [-0.05, 0) is 20.9 Å². The third-order valence-electron chi connectivity index (χ3n) is 2.03. The highest BCUT2D eigenvalue weighted by molar-refractivity contribution is 5.85. The molecule has 0 bridgehead atoms. The van der Waals surface area contributed by atoms with Crippen LogP contribution in [0.1, 0.15) is 20.3 Å². The number of carbonyl (C=O) groups is 1. The van der Waals surface area contributed by atoms with Crippen LogP contribution in [0.15, 0.2) is 0 Å². The Hall–Kier alpha value is -0.320. The number of halogens is 1. The molecule has 92 valence electrons. The fourth-order valence-corrected chi connectivity index (χ4v) is 1.17. The number of nitrogens with zero attached hydrogens (tertiary/aromatic N) is 1. The quantitative estimate of drug-likeness (QED) is 0.639. The van der Waals surface area contributed by atoms with Crippen LogP contribution >= 0.6 is 12.4 Å². The van der Waals surface area contributed by atoms with Crippen LogP contribution in [0, 0.1) is 0 Å². The second kappa shape index (κ2) is 11.8. The number of amides is 1. The predicted molar refractivity (Wildman–Crippen MR) is 64.5 cm³/mol. The molecule has 0 fully saturated rings. The fourth-order valence-electron chi connectivity index (χ4n) is 1.17. The Morgan fingerprint density at radius 3 is 2.53 bits per heavy atom. The Kier molecular flexibility index (Phi) is 13.4. The first kappa shape index (κ1) is 17.1. The first-order valence-electron chi connectivity index (χ1n) is 5.26. The van der Waals surface area contributed by atoms with Crippen LogP contribution in [0.25, 0.3) is 0 Å². The van der Waals surface area contributed by atoms with E-state index >= 15 is 0 Å². The minimum Gasteiger partial charge on any atom is -0.380 e. The number of likely N-dealkylation sites (N-methyl/N-ethyl adjacent to an activating group) is 1. The Bertz CT molecular complexity index is 156. The normalized spacial score (nSPS) is 9.53. The highest BCUT2D eigenvalue weighted by Crippen LogP contribution is 1.93. The second-order valence-corrected chi connectivity index (χ2v) is 3.02. The van der Waals surface area contributed by atoms with E-state index in [9.17, 15) is 4.79 Å². The average molecular weight is 239 g/mol. The minimum absolute atomic E-state index is 0.